The van der Waals surface area contributed by atoms with Crippen LogP contribution in [0.25, 0.3) is 0 Å². The fourth-order valence-corrected chi connectivity index (χ4v) is 2.22. The van der Waals surface area contributed by atoms with Crippen molar-refractivity contribution in [2.75, 3.05) is 6.61 Å². The van der Waals surface area contributed by atoms with Crippen LogP contribution < -0.4 is 5.73 Å². The molecule has 10 heavy (non-hydrogen) atoms. The first-order valence-electron chi connectivity index (χ1n) is 3.75. The van der Waals surface area contributed by atoms with Crippen molar-refractivity contribution in [2.45, 2.75) is 24.5 Å². The third-order valence-corrected chi connectivity index (χ3v) is 2.99. The Balaban J connectivity index is 2.10. The molecule has 2 aliphatic carbocycles. The molecule has 0 amide bonds. The van der Waals surface area contributed by atoms with Gasteiger partial charge in [0.1, 0.15) is 0 Å². The average Bonchev–Trinajstić information content (AvgIpc) is 2.38. The predicted molar refractivity (Wildman–Crippen MR) is 36.2 cm³/mol. The van der Waals surface area contributed by atoms with E-state index in [-0.39, 0.29) is 24.2 Å². The topological polar surface area (TPSA) is 66.5 Å². The van der Waals surface area contributed by atoms with E-state index in [4.69, 9.17) is 10.8 Å². The number of hydrogen-bond acceptors (Lipinski definition) is 3. The highest BCUT2D eigenvalue weighted by molar-refractivity contribution is 5.18. The molecule has 3 heteroatoms. The quantitative estimate of drug-likeness (QED) is 0.444. The molecule has 58 valence electrons. The number of fused-ring (bicyclic) bond motifs is 1. The maximum absolute atomic E-state index is 9.31. The summed E-state index contributed by atoms with van der Waals surface area (Å²) >= 11 is 0. The smallest absolute Gasteiger partial charge is 0.0611 e. The zero-order chi connectivity index (χ0) is 7.35. The number of rotatable bonds is 1. The summed E-state index contributed by atoms with van der Waals surface area (Å²) < 4.78 is 0. The minimum atomic E-state index is -0.353. The molecule has 0 radical (unpaired) electrons. The lowest BCUT2D eigenvalue weighted by Gasteiger charge is -2.13. The maximum atomic E-state index is 9.31. The van der Waals surface area contributed by atoms with E-state index in [9.17, 15) is 5.11 Å². The Hall–Kier alpha value is -0.120. The van der Waals surface area contributed by atoms with Crippen LogP contribution in [0.15, 0.2) is 0 Å². The molecule has 0 aromatic rings. The van der Waals surface area contributed by atoms with Gasteiger partial charge in [0, 0.05) is 18.1 Å². The standard InChI is InChI=1S/C7H13NO2/c8-7-1-5(7)4(3-9)6(10)2-7/h4-6,9-10H,1-3,8H2. The molecular weight excluding hydrogens is 130 g/mol. The highest BCUT2D eigenvalue weighted by atomic mass is 16.3. The summed E-state index contributed by atoms with van der Waals surface area (Å²) in [5.74, 6) is 0.456. The van der Waals surface area contributed by atoms with Crippen LogP contribution in [0.2, 0.25) is 0 Å². The SMILES string of the molecule is NC12CC(O)C(CO)C1C2. The highest BCUT2D eigenvalue weighted by Gasteiger charge is 2.62. The van der Waals surface area contributed by atoms with E-state index < -0.39 is 0 Å². The molecule has 0 saturated heterocycles. The van der Waals surface area contributed by atoms with Gasteiger partial charge in [-0.15, -0.1) is 0 Å². The van der Waals surface area contributed by atoms with E-state index in [2.05, 4.69) is 0 Å². The molecule has 0 bridgehead atoms. The monoisotopic (exact) mass is 143 g/mol. The van der Waals surface area contributed by atoms with Gasteiger partial charge in [0.2, 0.25) is 0 Å². The van der Waals surface area contributed by atoms with E-state index in [1.165, 1.54) is 0 Å². The fourth-order valence-electron chi connectivity index (χ4n) is 2.22. The second kappa shape index (κ2) is 1.72. The lowest BCUT2D eigenvalue weighted by Crippen LogP contribution is -2.24. The van der Waals surface area contributed by atoms with Crippen LogP contribution in [0.1, 0.15) is 12.8 Å². The van der Waals surface area contributed by atoms with Crippen LogP contribution in [0.5, 0.6) is 0 Å². The predicted octanol–water partition coefficient (Wildman–Crippen LogP) is -0.923. The molecule has 4 unspecified atom stereocenters. The first-order valence-corrected chi connectivity index (χ1v) is 3.75. The van der Waals surface area contributed by atoms with Gasteiger partial charge < -0.3 is 15.9 Å². The minimum absolute atomic E-state index is 0.0602. The van der Waals surface area contributed by atoms with Crippen molar-refractivity contribution in [1.29, 1.82) is 0 Å². The van der Waals surface area contributed by atoms with Crippen molar-refractivity contribution in [1.82, 2.24) is 0 Å². The second-order valence-electron chi connectivity index (χ2n) is 3.66. The third kappa shape index (κ3) is 0.654. The van der Waals surface area contributed by atoms with E-state index in [1.807, 2.05) is 0 Å². The Kier molecular flexibility index (Phi) is 1.14. The summed E-state index contributed by atoms with van der Waals surface area (Å²) in [7, 11) is 0. The van der Waals surface area contributed by atoms with Gasteiger partial charge in [-0.1, -0.05) is 0 Å². The van der Waals surface area contributed by atoms with Crippen LogP contribution in [-0.2, 0) is 0 Å². The van der Waals surface area contributed by atoms with Gasteiger partial charge in [0.05, 0.1) is 6.10 Å². The largest absolute Gasteiger partial charge is 0.396 e. The summed E-state index contributed by atoms with van der Waals surface area (Å²) in [6.45, 7) is 0.0881. The first-order chi connectivity index (χ1) is 4.67. The van der Waals surface area contributed by atoms with E-state index >= 15 is 0 Å². The van der Waals surface area contributed by atoms with Crippen molar-refractivity contribution in [3.8, 4) is 0 Å². The summed E-state index contributed by atoms with van der Waals surface area (Å²) in [6, 6.07) is 0. The lowest BCUT2D eigenvalue weighted by molar-refractivity contribution is 0.0727. The number of nitrogens with two attached hydrogens (primary N) is 1. The molecule has 4 N–H and O–H groups in total. The van der Waals surface area contributed by atoms with E-state index in [1.54, 1.807) is 0 Å². The van der Waals surface area contributed by atoms with Crippen LogP contribution in [0, 0.1) is 11.8 Å². The zero-order valence-corrected chi connectivity index (χ0v) is 5.83. The molecule has 2 rings (SSSR count). The van der Waals surface area contributed by atoms with Crippen molar-refractivity contribution >= 4 is 0 Å². The zero-order valence-electron chi connectivity index (χ0n) is 5.83. The van der Waals surface area contributed by atoms with Crippen molar-refractivity contribution in [2.24, 2.45) is 17.6 Å². The Morgan fingerprint density at radius 3 is 2.50 bits per heavy atom. The third-order valence-electron chi connectivity index (χ3n) is 2.99. The van der Waals surface area contributed by atoms with Crippen LogP contribution >= 0.6 is 0 Å². The Labute approximate surface area is 59.8 Å². The Morgan fingerprint density at radius 2 is 2.20 bits per heavy atom. The number of aliphatic hydroxyl groups is 2. The first kappa shape index (κ1) is 6.58. The van der Waals surface area contributed by atoms with Gasteiger partial charge in [-0.25, -0.2) is 0 Å². The summed E-state index contributed by atoms with van der Waals surface area (Å²) in [5.41, 5.74) is 5.73. The van der Waals surface area contributed by atoms with Gasteiger partial charge in [0.25, 0.3) is 0 Å². The number of aliphatic hydroxyl groups excluding tert-OH is 2. The number of hydrogen-bond donors (Lipinski definition) is 3. The van der Waals surface area contributed by atoms with Crippen LogP contribution in [0.4, 0.5) is 0 Å². The van der Waals surface area contributed by atoms with Gasteiger partial charge in [-0.2, -0.15) is 0 Å². The molecule has 0 heterocycles. The average molecular weight is 143 g/mol. The van der Waals surface area contributed by atoms with Gasteiger partial charge in [-0.05, 0) is 18.8 Å². The van der Waals surface area contributed by atoms with Gasteiger partial charge in [-0.3, -0.25) is 0 Å². The molecule has 0 aromatic carbocycles. The van der Waals surface area contributed by atoms with Gasteiger partial charge in [0.15, 0.2) is 0 Å². The molecule has 0 aliphatic heterocycles. The summed E-state index contributed by atoms with van der Waals surface area (Å²) in [4.78, 5) is 0. The van der Waals surface area contributed by atoms with Crippen LogP contribution in [-0.4, -0.2) is 28.5 Å². The summed E-state index contributed by atoms with van der Waals surface area (Å²) in [6.07, 6.45) is 1.33. The second-order valence-corrected chi connectivity index (χ2v) is 3.66. The van der Waals surface area contributed by atoms with Crippen molar-refractivity contribution in [3.05, 3.63) is 0 Å². The lowest BCUT2D eigenvalue weighted by atomic mass is 10.0. The highest BCUT2D eigenvalue weighted by Crippen LogP contribution is 2.56. The molecule has 2 aliphatic rings. The Bertz CT molecular complexity index is 162. The Morgan fingerprint density at radius 1 is 1.50 bits per heavy atom. The molecule has 2 saturated carbocycles. The maximum Gasteiger partial charge on any atom is 0.0611 e. The van der Waals surface area contributed by atoms with Gasteiger partial charge >= 0.3 is 0 Å². The molecule has 0 aromatic heterocycles. The normalized spacial score (nSPS) is 58.5. The van der Waals surface area contributed by atoms with E-state index in [0.29, 0.717) is 12.3 Å². The van der Waals surface area contributed by atoms with Crippen molar-refractivity contribution in [3.63, 3.8) is 0 Å². The molecule has 3 nitrogen and oxygen atoms in total. The summed E-state index contributed by atoms with van der Waals surface area (Å²) in [5, 5.41) is 18.1. The van der Waals surface area contributed by atoms with Crippen molar-refractivity contribution < 1.29 is 10.2 Å². The fraction of sp³-hybridized carbons (Fsp3) is 1.00. The minimum Gasteiger partial charge on any atom is -0.396 e. The van der Waals surface area contributed by atoms with Crippen LogP contribution in [0.3, 0.4) is 0 Å². The molecular formula is C7H13NO2. The molecule has 0 spiro atoms. The molecule has 2 fully saturated rings. The van der Waals surface area contributed by atoms with E-state index in [0.717, 1.165) is 6.42 Å². The molecule has 4 atom stereocenters.